The van der Waals surface area contributed by atoms with Crippen LogP contribution in [0, 0.1) is 5.41 Å². The summed E-state index contributed by atoms with van der Waals surface area (Å²) in [5, 5.41) is 0. The Balaban J connectivity index is 1.88. The first-order valence-electron chi connectivity index (χ1n) is 7.25. The molecule has 1 spiro atoms. The number of hydrogen-bond donors (Lipinski definition) is 0. The molecular formula is C17H19NO2. The van der Waals surface area contributed by atoms with Gasteiger partial charge in [-0.3, -0.25) is 14.5 Å². The number of hydrogen-bond acceptors (Lipinski definition) is 2. The SMILES string of the molecule is C=C1CN(C(=O)c2ccccc2)C(=O)C12CCCCC2. The van der Waals surface area contributed by atoms with Crippen molar-refractivity contribution >= 4 is 11.8 Å². The minimum Gasteiger partial charge on any atom is -0.274 e. The Bertz CT molecular complexity index is 556. The standard InChI is InChI=1S/C17H19NO2/c1-13-12-18(15(19)14-8-4-2-5-9-14)16(20)17(13)10-6-3-7-11-17/h2,4-5,8-9H,1,3,6-7,10-12H2. The van der Waals surface area contributed by atoms with Crippen molar-refractivity contribution in [1.29, 1.82) is 0 Å². The van der Waals surface area contributed by atoms with Crippen molar-refractivity contribution in [1.82, 2.24) is 4.90 Å². The van der Waals surface area contributed by atoms with Gasteiger partial charge in [0.15, 0.2) is 0 Å². The smallest absolute Gasteiger partial charge is 0.260 e. The zero-order valence-electron chi connectivity index (χ0n) is 11.6. The first-order chi connectivity index (χ1) is 9.65. The number of carbonyl (C=O) groups is 2. The summed E-state index contributed by atoms with van der Waals surface area (Å²) in [6.07, 6.45) is 4.98. The van der Waals surface area contributed by atoms with E-state index in [1.54, 1.807) is 12.1 Å². The molecule has 1 heterocycles. The van der Waals surface area contributed by atoms with Gasteiger partial charge in [0.1, 0.15) is 0 Å². The van der Waals surface area contributed by atoms with Crippen LogP contribution in [0.15, 0.2) is 42.5 Å². The third-order valence-corrected chi connectivity index (χ3v) is 4.65. The van der Waals surface area contributed by atoms with Gasteiger partial charge in [-0.15, -0.1) is 0 Å². The van der Waals surface area contributed by atoms with E-state index >= 15 is 0 Å². The van der Waals surface area contributed by atoms with E-state index < -0.39 is 5.41 Å². The molecule has 1 aliphatic heterocycles. The average Bonchev–Trinajstić information content (AvgIpc) is 2.74. The van der Waals surface area contributed by atoms with Crippen molar-refractivity contribution in [3.8, 4) is 0 Å². The van der Waals surface area contributed by atoms with Crippen LogP contribution in [0.3, 0.4) is 0 Å². The molecule has 3 rings (SSSR count). The predicted octanol–water partition coefficient (Wildman–Crippen LogP) is 3.18. The maximum atomic E-state index is 12.8. The van der Waals surface area contributed by atoms with Gasteiger partial charge in [-0.2, -0.15) is 0 Å². The van der Waals surface area contributed by atoms with E-state index in [-0.39, 0.29) is 11.8 Å². The van der Waals surface area contributed by atoms with Gasteiger partial charge < -0.3 is 0 Å². The van der Waals surface area contributed by atoms with Crippen molar-refractivity contribution in [2.24, 2.45) is 5.41 Å². The van der Waals surface area contributed by atoms with E-state index in [0.29, 0.717) is 12.1 Å². The van der Waals surface area contributed by atoms with Crippen LogP contribution in [0.4, 0.5) is 0 Å². The van der Waals surface area contributed by atoms with Crippen LogP contribution in [-0.4, -0.2) is 23.3 Å². The van der Waals surface area contributed by atoms with Crippen molar-refractivity contribution in [3.05, 3.63) is 48.0 Å². The Labute approximate surface area is 119 Å². The number of amides is 2. The molecule has 0 bridgehead atoms. The van der Waals surface area contributed by atoms with Gasteiger partial charge in [-0.05, 0) is 30.5 Å². The van der Waals surface area contributed by atoms with Crippen LogP contribution < -0.4 is 0 Å². The van der Waals surface area contributed by atoms with Gasteiger partial charge in [0.05, 0.1) is 12.0 Å². The van der Waals surface area contributed by atoms with E-state index in [4.69, 9.17) is 0 Å². The summed E-state index contributed by atoms with van der Waals surface area (Å²) < 4.78 is 0. The van der Waals surface area contributed by atoms with E-state index in [2.05, 4.69) is 6.58 Å². The summed E-state index contributed by atoms with van der Waals surface area (Å²) in [5.74, 6) is -0.227. The number of carbonyl (C=O) groups excluding carboxylic acids is 2. The number of benzene rings is 1. The second kappa shape index (κ2) is 4.89. The van der Waals surface area contributed by atoms with Crippen LogP contribution in [0.1, 0.15) is 42.5 Å². The van der Waals surface area contributed by atoms with Crippen molar-refractivity contribution in [3.63, 3.8) is 0 Å². The maximum Gasteiger partial charge on any atom is 0.260 e. The quantitative estimate of drug-likeness (QED) is 0.580. The number of rotatable bonds is 1. The molecule has 1 saturated carbocycles. The molecule has 2 aliphatic rings. The van der Waals surface area contributed by atoms with Crippen molar-refractivity contribution in [2.45, 2.75) is 32.1 Å². The van der Waals surface area contributed by atoms with E-state index in [1.165, 1.54) is 11.3 Å². The number of likely N-dealkylation sites (tertiary alicyclic amines) is 1. The lowest BCUT2D eigenvalue weighted by atomic mass is 9.71. The molecule has 1 aromatic carbocycles. The fraction of sp³-hybridized carbons (Fsp3) is 0.412. The molecule has 0 atom stereocenters. The summed E-state index contributed by atoms with van der Waals surface area (Å²) in [4.78, 5) is 26.6. The summed E-state index contributed by atoms with van der Waals surface area (Å²) in [5.41, 5.74) is 1.04. The largest absolute Gasteiger partial charge is 0.274 e. The molecule has 2 amide bonds. The second-order valence-corrected chi connectivity index (χ2v) is 5.81. The third-order valence-electron chi connectivity index (χ3n) is 4.65. The summed E-state index contributed by atoms with van der Waals surface area (Å²) in [7, 11) is 0. The highest BCUT2D eigenvalue weighted by atomic mass is 16.2. The normalized spacial score (nSPS) is 21.5. The molecule has 0 radical (unpaired) electrons. The van der Waals surface area contributed by atoms with Gasteiger partial charge >= 0.3 is 0 Å². The van der Waals surface area contributed by atoms with Gasteiger partial charge in [-0.25, -0.2) is 0 Å². The first-order valence-corrected chi connectivity index (χ1v) is 7.25. The lowest BCUT2D eigenvalue weighted by Crippen LogP contribution is -2.39. The highest BCUT2D eigenvalue weighted by molar-refractivity contribution is 6.09. The van der Waals surface area contributed by atoms with Crippen LogP contribution in [-0.2, 0) is 4.79 Å². The molecule has 0 N–H and O–H groups in total. The molecule has 3 heteroatoms. The average molecular weight is 269 g/mol. The van der Waals surface area contributed by atoms with E-state index in [0.717, 1.165) is 31.3 Å². The van der Waals surface area contributed by atoms with Gasteiger partial charge in [-0.1, -0.05) is 44.0 Å². The van der Waals surface area contributed by atoms with E-state index in [1.807, 2.05) is 18.2 Å². The molecule has 0 unspecified atom stereocenters. The Morgan fingerprint density at radius 2 is 1.75 bits per heavy atom. The molecule has 20 heavy (non-hydrogen) atoms. The van der Waals surface area contributed by atoms with Crippen LogP contribution >= 0.6 is 0 Å². The monoisotopic (exact) mass is 269 g/mol. The first kappa shape index (κ1) is 13.1. The van der Waals surface area contributed by atoms with Gasteiger partial charge in [0, 0.05) is 5.56 Å². The van der Waals surface area contributed by atoms with Crippen LogP contribution in [0.5, 0.6) is 0 Å². The molecule has 104 valence electrons. The molecule has 1 aromatic rings. The minimum atomic E-state index is -0.456. The lowest BCUT2D eigenvalue weighted by molar-refractivity contribution is -0.134. The van der Waals surface area contributed by atoms with Gasteiger partial charge in [0.25, 0.3) is 5.91 Å². The zero-order valence-corrected chi connectivity index (χ0v) is 11.6. The summed E-state index contributed by atoms with van der Waals surface area (Å²) in [6, 6.07) is 9.01. The number of imide groups is 1. The Kier molecular flexibility index (Phi) is 3.20. The molecule has 0 aromatic heterocycles. The van der Waals surface area contributed by atoms with Crippen molar-refractivity contribution < 1.29 is 9.59 Å². The zero-order chi connectivity index (χ0) is 14.2. The predicted molar refractivity (Wildman–Crippen MR) is 77.1 cm³/mol. The summed E-state index contributed by atoms with van der Waals surface area (Å²) >= 11 is 0. The molecule has 1 saturated heterocycles. The second-order valence-electron chi connectivity index (χ2n) is 5.81. The van der Waals surface area contributed by atoms with Crippen LogP contribution in [0.2, 0.25) is 0 Å². The molecule has 3 nitrogen and oxygen atoms in total. The molecular weight excluding hydrogens is 250 g/mol. The fourth-order valence-corrected chi connectivity index (χ4v) is 3.45. The van der Waals surface area contributed by atoms with Gasteiger partial charge in [0.2, 0.25) is 5.91 Å². The number of nitrogens with zero attached hydrogens (tertiary/aromatic N) is 1. The Hall–Kier alpha value is -1.90. The summed E-state index contributed by atoms with van der Waals surface area (Å²) in [6.45, 7) is 4.47. The topological polar surface area (TPSA) is 37.4 Å². The highest BCUT2D eigenvalue weighted by Crippen LogP contribution is 2.47. The lowest BCUT2D eigenvalue weighted by Gasteiger charge is -2.32. The minimum absolute atomic E-state index is 0.0314. The van der Waals surface area contributed by atoms with Crippen LogP contribution in [0.25, 0.3) is 0 Å². The van der Waals surface area contributed by atoms with E-state index in [9.17, 15) is 9.59 Å². The maximum absolute atomic E-state index is 12.8. The Morgan fingerprint density at radius 1 is 1.10 bits per heavy atom. The fourth-order valence-electron chi connectivity index (χ4n) is 3.45. The Morgan fingerprint density at radius 3 is 2.40 bits per heavy atom. The third kappa shape index (κ3) is 1.89. The molecule has 1 aliphatic carbocycles. The van der Waals surface area contributed by atoms with Crippen molar-refractivity contribution in [2.75, 3.05) is 6.54 Å². The molecule has 2 fully saturated rings. The highest BCUT2D eigenvalue weighted by Gasteiger charge is 2.51.